The summed E-state index contributed by atoms with van der Waals surface area (Å²) >= 11 is 0. The molecule has 2 aliphatic rings. The average Bonchev–Trinajstić information content (AvgIpc) is 3.53. The second-order valence-electron chi connectivity index (χ2n) is 7.30. The standard InChI is InChI=1S/C17H20N8O2/c1-8(9-2-3-9)19-15-22-13-10(6-12-14(26)23-17(27)21-12)7-18-25(13)16(24-15)20-11-4-5-11/h6-9,11,26H,2-5H2,1H3,(H,19,20,24)(H2,21,23,27)/b10-6+/t8-/m1/s1. The van der Waals surface area contributed by atoms with Crippen LogP contribution in [-0.4, -0.2) is 46.7 Å². The van der Waals surface area contributed by atoms with Crippen molar-refractivity contribution in [3.63, 3.8) is 0 Å². The summed E-state index contributed by atoms with van der Waals surface area (Å²) in [6.45, 7) is 2.13. The van der Waals surface area contributed by atoms with Crippen molar-refractivity contribution in [3.8, 4) is 5.88 Å². The zero-order chi connectivity index (χ0) is 18.5. The fraction of sp³-hybridized carbons (Fsp3) is 0.471. The number of anilines is 1. The topological polar surface area (TPSA) is 136 Å². The highest BCUT2D eigenvalue weighted by atomic mass is 16.3. The molecule has 0 aromatic carbocycles. The monoisotopic (exact) mass is 368 g/mol. The smallest absolute Gasteiger partial charge is 0.326 e. The molecule has 5 rings (SSSR count). The van der Waals surface area contributed by atoms with Gasteiger partial charge >= 0.3 is 5.69 Å². The van der Waals surface area contributed by atoms with Crippen molar-refractivity contribution < 1.29 is 5.11 Å². The first-order chi connectivity index (χ1) is 13.1. The lowest BCUT2D eigenvalue weighted by atomic mass is 10.2. The highest BCUT2D eigenvalue weighted by Crippen LogP contribution is 2.33. The van der Waals surface area contributed by atoms with Gasteiger partial charge in [-0.1, -0.05) is 0 Å². The number of aromatic hydroxyl groups is 1. The molecule has 0 bridgehead atoms. The molecule has 1 atom stereocenters. The number of imidazole rings is 1. The first kappa shape index (κ1) is 16.0. The summed E-state index contributed by atoms with van der Waals surface area (Å²) in [6, 6.07) is 0.583. The molecule has 0 aliphatic heterocycles. The zero-order valence-electron chi connectivity index (χ0n) is 14.8. The van der Waals surface area contributed by atoms with Gasteiger partial charge < -0.3 is 15.4 Å². The molecule has 3 aromatic heterocycles. The van der Waals surface area contributed by atoms with E-state index < -0.39 is 5.69 Å². The molecule has 4 N–H and O–H groups in total. The molecule has 10 nitrogen and oxygen atoms in total. The lowest BCUT2D eigenvalue weighted by Gasteiger charge is -2.12. The van der Waals surface area contributed by atoms with Crippen LogP contribution in [0.2, 0.25) is 0 Å². The fourth-order valence-corrected chi connectivity index (χ4v) is 3.06. The van der Waals surface area contributed by atoms with Gasteiger partial charge in [-0.05, 0) is 44.6 Å². The molecule has 0 radical (unpaired) electrons. The van der Waals surface area contributed by atoms with Crippen LogP contribution < -0.4 is 21.8 Å². The van der Waals surface area contributed by atoms with E-state index in [0.717, 1.165) is 12.8 Å². The van der Waals surface area contributed by atoms with Crippen LogP contribution in [0.5, 0.6) is 5.88 Å². The molecular formula is C17H20N8O2. The van der Waals surface area contributed by atoms with Crippen molar-refractivity contribution in [1.29, 1.82) is 0 Å². The summed E-state index contributed by atoms with van der Waals surface area (Å²) in [5, 5.41) is 18.2. The van der Waals surface area contributed by atoms with Crippen molar-refractivity contribution in [2.75, 3.05) is 5.32 Å². The van der Waals surface area contributed by atoms with E-state index in [2.05, 4.69) is 42.3 Å². The molecular weight excluding hydrogens is 348 g/mol. The van der Waals surface area contributed by atoms with E-state index in [0.29, 0.717) is 40.4 Å². The number of fused-ring (bicyclic) bond motifs is 1. The lowest BCUT2D eigenvalue weighted by molar-refractivity contribution is 0.454. The van der Waals surface area contributed by atoms with Crippen LogP contribution >= 0.6 is 0 Å². The van der Waals surface area contributed by atoms with Crippen LogP contribution in [0.15, 0.2) is 16.0 Å². The van der Waals surface area contributed by atoms with Crippen LogP contribution in [0, 0.1) is 5.92 Å². The summed E-state index contributed by atoms with van der Waals surface area (Å²) in [4.78, 5) is 30.0. The molecule has 27 heavy (non-hydrogen) atoms. The number of hydrogen-bond donors (Lipinski definition) is 4. The molecule has 0 spiro atoms. The van der Waals surface area contributed by atoms with Gasteiger partial charge in [-0.25, -0.2) is 9.79 Å². The van der Waals surface area contributed by atoms with E-state index in [1.54, 1.807) is 16.8 Å². The number of nitrogens with zero attached hydrogens (tertiary/aromatic N) is 5. The Labute approximate surface area is 153 Å². The third kappa shape index (κ3) is 3.18. The summed E-state index contributed by atoms with van der Waals surface area (Å²) < 4.78 is 1.60. The molecule has 0 unspecified atom stereocenters. The second-order valence-corrected chi connectivity index (χ2v) is 7.30. The highest BCUT2D eigenvalue weighted by molar-refractivity contribution is 5.57. The van der Waals surface area contributed by atoms with E-state index in [9.17, 15) is 9.90 Å². The zero-order valence-corrected chi connectivity index (χ0v) is 14.8. The largest absolute Gasteiger partial charge is 0.493 e. The number of nitrogens with one attached hydrogen (secondary N) is 3. The maximum atomic E-state index is 11.4. The van der Waals surface area contributed by atoms with Crippen LogP contribution in [-0.2, 0) is 0 Å². The minimum Gasteiger partial charge on any atom is -0.493 e. The van der Waals surface area contributed by atoms with Gasteiger partial charge in [0.2, 0.25) is 11.8 Å². The van der Waals surface area contributed by atoms with Crippen molar-refractivity contribution >= 4 is 17.7 Å². The molecule has 0 amide bonds. The van der Waals surface area contributed by atoms with Crippen molar-refractivity contribution in [3.05, 3.63) is 33.2 Å². The quantitative estimate of drug-likeness (QED) is 0.487. The van der Waals surface area contributed by atoms with Gasteiger partial charge in [0.15, 0.2) is 5.65 Å². The molecule has 0 saturated heterocycles. The van der Waals surface area contributed by atoms with Crippen molar-refractivity contribution in [1.82, 2.24) is 29.5 Å². The summed E-state index contributed by atoms with van der Waals surface area (Å²) in [5.74, 6) is 0.951. The van der Waals surface area contributed by atoms with Crippen LogP contribution in [0.25, 0.3) is 11.7 Å². The van der Waals surface area contributed by atoms with E-state index in [1.807, 2.05) is 0 Å². The highest BCUT2D eigenvalue weighted by Gasteiger charge is 2.28. The number of hydrogen-bond acceptors (Lipinski definition) is 7. The molecule has 140 valence electrons. The molecule has 2 saturated carbocycles. The first-order valence-corrected chi connectivity index (χ1v) is 9.16. The van der Waals surface area contributed by atoms with Gasteiger partial charge in [0.1, 0.15) is 5.69 Å². The lowest BCUT2D eigenvalue weighted by Crippen LogP contribution is -2.27. The Morgan fingerprint density at radius 1 is 1.33 bits per heavy atom. The van der Waals surface area contributed by atoms with Gasteiger partial charge in [-0.2, -0.15) is 19.6 Å². The molecule has 3 aromatic rings. The Kier molecular flexibility index (Phi) is 3.52. The Morgan fingerprint density at radius 3 is 2.81 bits per heavy atom. The summed E-state index contributed by atoms with van der Waals surface area (Å²) in [7, 11) is 0. The predicted molar refractivity (Wildman–Crippen MR) is 97.0 cm³/mol. The van der Waals surface area contributed by atoms with Gasteiger partial charge in [-0.3, -0.25) is 4.98 Å². The third-order valence-electron chi connectivity index (χ3n) is 4.94. The van der Waals surface area contributed by atoms with Crippen molar-refractivity contribution in [2.24, 2.45) is 10.9 Å². The number of H-pyrrole nitrogens is 2. The van der Waals surface area contributed by atoms with Crippen LogP contribution in [0.1, 0.15) is 38.3 Å². The molecule has 2 aliphatic carbocycles. The molecule has 3 heterocycles. The van der Waals surface area contributed by atoms with Crippen LogP contribution in [0.3, 0.4) is 0 Å². The number of aromatic nitrogens is 6. The molecule has 10 heteroatoms. The Morgan fingerprint density at radius 2 is 2.15 bits per heavy atom. The third-order valence-corrected chi connectivity index (χ3v) is 4.94. The minimum absolute atomic E-state index is 0.225. The van der Waals surface area contributed by atoms with Gasteiger partial charge in [0.05, 0.1) is 12.2 Å². The van der Waals surface area contributed by atoms with E-state index in [4.69, 9.17) is 0 Å². The van der Waals surface area contributed by atoms with E-state index in [-0.39, 0.29) is 11.6 Å². The maximum Gasteiger partial charge on any atom is 0.326 e. The predicted octanol–water partition coefficient (Wildman–Crippen LogP) is -0.333. The Bertz CT molecular complexity index is 1180. The normalized spacial score (nSPS) is 19.7. The second kappa shape index (κ2) is 5.93. The maximum absolute atomic E-state index is 11.4. The van der Waals surface area contributed by atoms with Gasteiger partial charge in [0.25, 0.3) is 5.62 Å². The number of rotatable bonds is 5. The van der Waals surface area contributed by atoms with Gasteiger partial charge in [0, 0.05) is 11.3 Å². The summed E-state index contributed by atoms with van der Waals surface area (Å²) in [5.41, 5.74) is 0.876. The minimum atomic E-state index is -0.477. The Balaban J connectivity index is 1.66. The van der Waals surface area contributed by atoms with Crippen molar-refractivity contribution in [2.45, 2.75) is 44.7 Å². The van der Waals surface area contributed by atoms with E-state index >= 15 is 0 Å². The van der Waals surface area contributed by atoms with Gasteiger partial charge in [-0.15, -0.1) is 0 Å². The number of aromatic amines is 2. The fourth-order valence-electron chi connectivity index (χ4n) is 3.06. The average molecular weight is 368 g/mol. The summed E-state index contributed by atoms with van der Waals surface area (Å²) in [6.07, 6.45) is 7.81. The Hall–Kier alpha value is -3.17. The van der Waals surface area contributed by atoms with E-state index in [1.165, 1.54) is 12.8 Å². The molecule has 2 fully saturated rings. The first-order valence-electron chi connectivity index (χ1n) is 9.16. The van der Waals surface area contributed by atoms with Crippen LogP contribution in [0.4, 0.5) is 5.95 Å². The SMILES string of the molecule is C[C@@H](Nc1nc(=NC2CC2)n2nc/c(=C\c3[nH]c(=O)[nH]c3O)c2n1)C1CC1.